The second kappa shape index (κ2) is 10.3. The van der Waals surface area contributed by atoms with E-state index in [1.165, 1.54) is 50.0 Å². The molecule has 1 aliphatic carbocycles. The van der Waals surface area contributed by atoms with Gasteiger partial charge in [-0.2, -0.15) is 0 Å². The van der Waals surface area contributed by atoms with Gasteiger partial charge < -0.3 is 15.2 Å². The van der Waals surface area contributed by atoms with Gasteiger partial charge in [0.2, 0.25) is 0 Å². The lowest BCUT2D eigenvalue weighted by atomic mass is 9.83. The van der Waals surface area contributed by atoms with Crippen LogP contribution in [-0.4, -0.2) is 45.0 Å². The van der Waals surface area contributed by atoms with Gasteiger partial charge in [0.25, 0.3) is 0 Å². The molecule has 0 radical (unpaired) electrons. The fourth-order valence-electron chi connectivity index (χ4n) is 3.59. The Morgan fingerprint density at radius 1 is 1.12 bits per heavy atom. The average molecular weight is 390 g/mol. The number of alkyl carbamates (subject to hydrolysis) is 1. The van der Waals surface area contributed by atoms with Crippen LogP contribution >= 0.6 is 23.5 Å². The molecular formula is C19H35NO3S2. The van der Waals surface area contributed by atoms with Crippen molar-refractivity contribution in [2.24, 2.45) is 5.92 Å². The highest BCUT2D eigenvalue weighted by Gasteiger charge is 2.30. The fraction of sp³-hybridized carbons (Fsp3) is 0.947. The van der Waals surface area contributed by atoms with E-state index in [0.29, 0.717) is 10.5 Å². The molecule has 6 heteroatoms. The lowest BCUT2D eigenvalue weighted by Gasteiger charge is -2.32. The van der Waals surface area contributed by atoms with Crippen LogP contribution in [0, 0.1) is 5.92 Å². The normalized spacial score (nSPS) is 23.0. The minimum atomic E-state index is -0.514. The van der Waals surface area contributed by atoms with Gasteiger partial charge in [0.05, 0.1) is 16.7 Å². The van der Waals surface area contributed by atoms with Gasteiger partial charge in [0, 0.05) is 0 Å². The number of aliphatic hydroxyl groups is 1. The van der Waals surface area contributed by atoms with Gasteiger partial charge in [-0.1, -0.05) is 32.1 Å². The molecule has 146 valence electrons. The number of nitrogens with one attached hydrogen (secondary N) is 1. The summed E-state index contributed by atoms with van der Waals surface area (Å²) in [5, 5.41) is 13.8. The van der Waals surface area contributed by atoms with Crippen LogP contribution in [0.25, 0.3) is 0 Å². The Balaban J connectivity index is 1.92. The summed E-state index contributed by atoms with van der Waals surface area (Å²) in [6, 6.07) is -0.207. The third kappa shape index (κ3) is 8.44. The lowest BCUT2D eigenvalue weighted by Crippen LogP contribution is -2.47. The molecule has 1 amide bonds. The number of carbonyl (C=O) groups is 1. The number of amides is 1. The van der Waals surface area contributed by atoms with Crippen molar-refractivity contribution < 1.29 is 14.6 Å². The summed E-state index contributed by atoms with van der Waals surface area (Å²) < 4.78 is 5.87. The van der Waals surface area contributed by atoms with E-state index in [1.54, 1.807) is 0 Å². The molecule has 4 nitrogen and oxygen atoms in total. The van der Waals surface area contributed by atoms with E-state index in [-0.39, 0.29) is 6.04 Å². The zero-order chi connectivity index (χ0) is 18.3. The molecule has 2 atom stereocenters. The van der Waals surface area contributed by atoms with Crippen molar-refractivity contribution in [3.05, 3.63) is 0 Å². The molecule has 1 saturated heterocycles. The number of carbonyl (C=O) groups excluding carboxylic acids is 1. The van der Waals surface area contributed by atoms with Crippen molar-refractivity contribution in [3.8, 4) is 0 Å². The first-order valence-electron chi connectivity index (χ1n) is 9.74. The quantitative estimate of drug-likeness (QED) is 0.683. The second-order valence-electron chi connectivity index (χ2n) is 8.32. The smallest absolute Gasteiger partial charge is 0.407 e. The van der Waals surface area contributed by atoms with Gasteiger partial charge in [-0.3, -0.25) is 0 Å². The summed E-state index contributed by atoms with van der Waals surface area (Å²) in [7, 11) is 0. The molecule has 0 unspecified atom stereocenters. The number of rotatable bonds is 6. The summed E-state index contributed by atoms with van der Waals surface area (Å²) in [6.45, 7) is 5.61. The molecular weight excluding hydrogens is 354 g/mol. The summed E-state index contributed by atoms with van der Waals surface area (Å²) in [6.07, 6.45) is 8.24. The van der Waals surface area contributed by atoms with Gasteiger partial charge in [-0.25, -0.2) is 4.79 Å². The zero-order valence-corrected chi connectivity index (χ0v) is 17.6. The Morgan fingerprint density at radius 2 is 1.76 bits per heavy atom. The number of ether oxygens (including phenoxy) is 1. The van der Waals surface area contributed by atoms with E-state index in [2.05, 4.69) is 5.32 Å². The van der Waals surface area contributed by atoms with E-state index >= 15 is 0 Å². The van der Waals surface area contributed by atoms with E-state index in [4.69, 9.17) is 4.74 Å². The molecule has 2 fully saturated rings. The first kappa shape index (κ1) is 21.2. The van der Waals surface area contributed by atoms with Crippen LogP contribution in [0.2, 0.25) is 0 Å². The second-order valence-corrected chi connectivity index (χ2v) is 11.2. The molecule has 0 bridgehead atoms. The van der Waals surface area contributed by atoms with Crippen LogP contribution in [0.3, 0.4) is 0 Å². The van der Waals surface area contributed by atoms with E-state index in [0.717, 1.165) is 12.8 Å². The third-order valence-corrected chi connectivity index (χ3v) is 7.80. The number of hydrogen-bond donors (Lipinski definition) is 2. The van der Waals surface area contributed by atoms with Crippen LogP contribution in [0.4, 0.5) is 4.79 Å². The molecule has 0 aromatic rings. The molecule has 25 heavy (non-hydrogen) atoms. The Hall–Kier alpha value is -0.0700. The van der Waals surface area contributed by atoms with Gasteiger partial charge in [-0.15, -0.1) is 23.5 Å². The van der Waals surface area contributed by atoms with Crippen LogP contribution < -0.4 is 5.32 Å². The van der Waals surface area contributed by atoms with Crippen LogP contribution in [-0.2, 0) is 4.74 Å². The summed E-state index contributed by atoms with van der Waals surface area (Å²) >= 11 is 3.89. The zero-order valence-electron chi connectivity index (χ0n) is 16.0. The lowest BCUT2D eigenvalue weighted by molar-refractivity contribution is 0.0386. The molecule has 1 aliphatic heterocycles. The number of aliphatic hydroxyl groups excluding tert-OH is 1. The summed E-state index contributed by atoms with van der Waals surface area (Å²) in [4.78, 5) is 12.3. The molecule has 1 heterocycles. The average Bonchev–Trinajstić information content (AvgIpc) is 2.54. The molecule has 0 aromatic heterocycles. The fourth-order valence-corrected chi connectivity index (χ4v) is 6.55. The van der Waals surface area contributed by atoms with Gasteiger partial charge in [-0.05, 0) is 57.5 Å². The largest absolute Gasteiger partial charge is 0.444 e. The maximum atomic E-state index is 12.3. The highest BCUT2D eigenvalue weighted by atomic mass is 32.2. The predicted octanol–water partition coefficient (Wildman–Crippen LogP) is 4.80. The van der Waals surface area contributed by atoms with Crippen molar-refractivity contribution in [2.45, 2.75) is 94.5 Å². The maximum Gasteiger partial charge on any atom is 0.407 e. The number of hydrogen-bond acceptors (Lipinski definition) is 5. The predicted molar refractivity (Wildman–Crippen MR) is 108 cm³/mol. The van der Waals surface area contributed by atoms with Crippen molar-refractivity contribution in [1.29, 1.82) is 0 Å². The highest BCUT2D eigenvalue weighted by molar-refractivity contribution is 8.17. The number of thioether (sulfide) groups is 2. The molecule has 2 rings (SSSR count). The van der Waals surface area contributed by atoms with Gasteiger partial charge in [0.15, 0.2) is 0 Å². The van der Waals surface area contributed by atoms with Crippen LogP contribution in [0.1, 0.15) is 72.1 Å². The summed E-state index contributed by atoms with van der Waals surface area (Å²) in [5.74, 6) is 2.96. The Kier molecular flexibility index (Phi) is 8.76. The third-order valence-electron chi connectivity index (χ3n) is 4.81. The monoisotopic (exact) mass is 389 g/mol. The van der Waals surface area contributed by atoms with Crippen molar-refractivity contribution in [2.75, 3.05) is 11.5 Å². The highest BCUT2D eigenvalue weighted by Crippen LogP contribution is 2.35. The van der Waals surface area contributed by atoms with Crippen molar-refractivity contribution in [1.82, 2.24) is 5.32 Å². The summed E-state index contributed by atoms with van der Waals surface area (Å²) in [5.41, 5.74) is -0.514. The van der Waals surface area contributed by atoms with Crippen LogP contribution in [0.5, 0.6) is 0 Å². The first-order chi connectivity index (χ1) is 11.8. The molecule has 0 spiro atoms. The Morgan fingerprint density at radius 3 is 2.36 bits per heavy atom. The van der Waals surface area contributed by atoms with Crippen molar-refractivity contribution in [3.63, 3.8) is 0 Å². The van der Waals surface area contributed by atoms with E-state index in [1.807, 2.05) is 44.3 Å². The molecule has 1 saturated carbocycles. The van der Waals surface area contributed by atoms with Gasteiger partial charge >= 0.3 is 6.09 Å². The minimum Gasteiger partial charge on any atom is -0.444 e. The molecule has 2 N–H and O–H groups in total. The first-order valence-corrected chi connectivity index (χ1v) is 11.8. The Labute approximate surface area is 161 Å². The van der Waals surface area contributed by atoms with E-state index < -0.39 is 17.8 Å². The van der Waals surface area contributed by atoms with Crippen molar-refractivity contribution >= 4 is 29.6 Å². The molecule has 2 aliphatic rings. The van der Waals surface area contributed by atoms with E-state index in [9.17, 15) is 9.90 Å². The standard InChI is InChI=1S/C19H35NO3S2/c1-19(2,3)23-18(22)20-15(12-14-8-5-4-6-9-14)16(21)13-17-24-10-7-11-25-17/h14-17,21H,4-13H2,1-3H3,(H,20,22)/t15-,16-/m0/s1. The van der Waals surface area contributed by atoms with Crippen LogP contribution in [0.15, 0.2) is 0 Å². The van der Waals surface area contributed by atoms with Gasteiger partial charge in [0.1, 0.15) is 5.60 Å². The minimum absolute atomic E-state index is 0.207. The Bertz CT molecular complexity index is 402. The molecule has 0 aromatic carbocycles. The topological polar surface area (TPSA) is 58.6 Å². The SMILES string of the molecule is CC(C)(C)OC(=O)N[C@@H](CC1CCCCC1)[C@@H](O)CC1SCCCS1. The maximum absolute atomic E-state index is 12.3.